The van der Waals surface area contributed by atoms with Gasteiger partial charge in [0.2, 0.25) is 41.4 Å². The minimum absolute atomic E-state index is 0.0449. The number of β-amino-alcohol motifs (C(OH)–C–C–N with tert-alkyl or cyclic N) is 1. The van der Waals surface area contributed by atoms with Crippen LogP contribution in [0.2, 0.25) is 0 Å². The number of likely N-dealkylation sites (tertiary alicyclic amines) is 1. The molecule has 5 heterocycles. The summed E-state index contributed by atoms with van der Waals surface area (Å²) in [5, 5.41) is 24.9. The fraction of sp³-hybridized carbons (Fsp3) is 0.561. The third-order valence-electron chi connectivity index (χ3n) is 15.8. The number of benzene rings is 2. The predicted molar refractivity (Wildman–Crippen MR) is 309 cm³/mol. The normalized spacial score (nSPS) is 20.8. The molecule has 8 atom stereocenters. The van der Waals surface area contributed by atoms with Crippen molar-refractivity contribution in [2.75, 3.05) is 33.2 Å². The molecule has 2 aromatic heterocycles. The second-order valence-corrected chi connectivity index (χ2v) is 25.9. The average Bonchev–Trinajstić information content (AvgIpc) is 3.34. The maximum absolute atomic E-state index is 14.5. The quantitative estimate of drug-likeness (QED) is 0.0348. The van der Waals surface area contributed by atoms with Crippen LogP contribution >= 0.6 is 18.9 Å². The number of nitrogens with zero attached hydrogens (tertiary/aromatic N) is 4. The van der Waals surface area contributed by atoms with Crippen molar-refractivity contribution in [1.82, 2.24) is 51.3 Å². The molecule has 0 radical (unpaired) electrons. The van der Waals surface area contributed by atoms with Gasteiger partial charge in [0.25, 0.3) is 5.91 Å². The summed E-state index contributed by atoms with van der Waals surface area (Å²) in [6.45, 7) is 9.98. The summed E-state index contributed by atoms with van der Waals surface area (Å²) in [4.78, 5) is 140. The zero-order valence-electron chi connectivity index (χ0n) is 48.1. The number of nitrogens with two attached hydrogens (primary N) is 1. The number of unbranched alkanes of at least 4 members (excludes halogenated alkanes) is 4. The van der Waals surface area contributed by atoms with Crippen LogP contribution < -0.4 is 32.3 Å². The van der Waals surface area contributed by atoms with Gasteiger partial charge in [0, 0.05) is 61.4 Å². The summed E-state index contributed by atoms with van der Waals surface area (Å²) in [7, 11) is -4.10. The predicted octanol–water partition coefficient (Wildman–Crippen LogP) is 4.20. The van der Waals surface area contributed by atoms with Crippen LogP contribution in [0.3, 0.4) is 0 Å². The van der Waals surface area contributed by atoms with Crippen LogP contribution in [0.4, 0.5) is 8.78 Å². The number of aromatic amines is 1. The lowest BCUT2D eigenvalue weighted by Crippen LogP contribution is -2.61. The van der Waals surface area contributed by atoms with E-state index in [0.717, 1.165) is 39.9 Å². The smallest absolute Gasteiger partial charge is 0.391 e. The molecule has 0 bridgehead atoms. The number of H-pyrrole nitrogens is 1. The van der Waals surface area contributed by atoms with Crippen LogP contribution in [-0.4, -0.2) is 162 Å². The first kappa shape index (κ1) is 64.9. The van der Waals surface area contributed by atoms with Gasteiger partial charge in [0.05, 0.1) is 28.2 Å². The van der Waals surface area contributed by atoms with E-state index in [-0.39, 0.29) is 74.2 Å². The standard InChI is InChI=1S/C57H78F2N11O12PS/c1-32(34-13-15-35(16-14-34)48-33(2)62-31-84-48)63-53(77)45-28-39(71)29-69(45)55(79)49(56(3,4)5)67-47(73)12-10-8-7-9-11-24-61-50(74)41(20-22-46(60)72)65-52(76)44-21-18-38-23-25-68(6)30-43(54(78)70(38)44)66-51(75)42-27-36-26-37(17-19-40(36)64-42)57(58,59)83(80,81)82/h13-17,19,26-27,31-32,38-39,41,43-45,49,64,71H,7-12,18,20-25,28-30H2,1-6H3,(H2,60,72)(H,61,74)(H,63,77)(H,65,76)(H,66,75)(H,67,73)(H2,80,81,82)/t32-,38+,39+,41?,43-,44-,45-,49?/m0/s1. The number of amides is 8. The number of hydrogen-bond acceptors (Lipinski definition) is 13. The summed E-state index contributed by atoms with van der Waals surface area (Å²) >= 11 is 1.55. The lowest BCUT2D eigenvalue weighted by Gasteiger charge is -2.37. The molecule has 0 aliphatic carbocycles. The van der Waals surface area contributed by atoms with Crippen LogP contribution in [-0.2, 0) is 43.8 Å². The molecular formula is C57H78F2N11O12PS. The Labute approximate surface area is 490 Å². The van der Waals surface area contributed by atoms with Crippen molar-refractivity contribution < 1.29 is 66.6 Å². The van der Waals surface area contributed by atoms with Crippen LogP contribution in [0.5, 0.6) is 0 Å². The number of halogens is 2. The molecule has 8 amide bonds. The third-order valence-corrected chi connectivity index (χ3v) is 17.8. The number of primary amides is 1. The number of likely N-dealkylation sites (N-methyl/N-ethyl adjacent to an activating group) is 1. The number of rotatable bonds is 24. The van der Waals surface area contributed by atoms with Crippen molar-refractivity contribution in [3.8, 4) is 10.4 Å². The highest BCUT2D eigenvalue weighted by Gasteiger charge is 2.51. The molecule has 2 unspecified atom stereocenters. The minimum atomic E-state index is -5.87. The van der Waals surface area contributed by atoms with Crippen molar-refractivity contribution in [1.29, 1.82) is 0 Å². The number of hydrogen-bond donors (Lipinski definition) is 10. The minimum Gasteiger partial charge on any atom is -0.391 e. The number of fused-ring (bicyclic) bond motifs is 2. The Balaban J connectivity index is 0.861. The van der Waals surface area contributed by atoms with Crippen LogP contribution in [0.25, 0.3) is 21.3 Å². The number of aromatic nitrogens is 2. The van der Waals surface area contributed by atoms with Crippen molar-refractivity contribution in [3.63, 3.8) is 0 Å². The zero-order chi connectivity index (χ0) is 61.4. The molecule has 11 N–H and O–H groups in total. The van der Waals surface area contributed by atoms with Crippen LogP contribution in [0.15, 0.2) is 54.0 Å². The van der Waals surface area contributed by atoms with Crippen LogP contribution in [0, 0.1) is 12.3 Å². The number of carbonyl (C=O) groups excluding carboxylic acids is 8. The van der Waals surface area contributed by atoms with Crippen molar-refractivity contribution in [2.45, 2.75) is 166 Å². The van der Waals surface area contributed by atoms with E-state index in [1.807, 2.05) is 63.8 Å². The first-order chi connectivity index (χ1) is 39.5. The first-order valence-corrected chi connectivity index (χ1v) is 30.9. The molecule has 3 fully saturated rings. The first-order valence-electron chi connectivity index (χ1n) is 28.4. The van der Waals surface area contributed by atoms with E-state index < -0.39 is 114 Å². The van der Waals surface area contributed by atoms with E-state index in [9.17, 15) is 66.6 Å². The second kappa shape index (κ2) is 27.6. The number of carbonyl (C=O) groups is 8. The van der Waals surface area contributed by atoms with Gasteiger partial charge in [-0.1, -0.05) is 70.4 Å². The summed E-state index contributed by atoms with van der Waals surface area (Å²) in [5.74, 6) is -4.44. The summed E-state index contributed by atoms with van der Waals surface area (Å²) in [6.07, 6.45) is 3.22. The van der Waals surface area contributed by atoms with E-state index in [1.165, 1.54) is 15.9 Å². The summed E-state index contributed by atoms with van der Waals surface area (Å²) in [5.41, 5.74) is 3.98. The zero-order valence-corrected chi connectivity index (χ0v) is 49.8. The Morgan fingerprint density at radius 3 is 2.25 bits per heavy atom. The monoisotopic (exact) mass is 1210 g/mol. The van der Waals surface area contributed by atoms with Gasteiger partial charge in [-0.15, -0.1) is 11.3 Å². The molecular weight excluding hydrogens is 1130 g/mol. The molecule has 27 heteroatoms. The summed E-state index contributed by atoms with van der Waals surface area (Å²) in [6, 6.07) is 5.77. The van der Waals surface area contributed by atoms with Crippen molar-refractivity contribution in [3.05, 3.63) is 76.6 Å². The highest BCUT2D eigenvalue weighted by Crippen LogP contribution is 2.59. The van der Waals surface area contributed by atoms with Crippen molar-refractivity contribution >= 4 is 77.1 Å². The molecule has 458 valence electrons. The Bertz CT molecular complexity index is 3110. The molecule has 7 rings (SSSR count). The van der Waals surface area contributed by atoms with E-state index in [1.54, 1.807) is 23.9 Å². The molecule has 0 saturated carbocycles. The Hall–Kier alpha value is -6.70. The van der Waals surface area contributed by atoms with E-state index in [2.05, 4.69) is 36.6 Å². The fourth-order valence-electron chi connectivity index (χ4n) is 11.1. The number of alkyl halides is 2. The number of thiazole rings is 1. The topological polar surface area (TPSA) is 339 Å². The molecule has 3 aliphatic heterocycles. The molecule has 84 heavy (non-hydrogen) atoms. The van der Waals surface area contributed by atoms with Gasteiger partial charge in [-0.2, -0.15) is 8.78 Å². The van der Waals surface area contributed by atoms with Gasteiger partial charge in [-0.25, -0.2) is 4.98 Å². The molecule has 23 nitrogen and oxygen atoms in total. The Kier molecular flexibility index (Phi) is 21.3. The third kappa shape index (κ3) is 16.0. The van der Waals surface area contributed by atoms with Gasteiger partial charge in [0.15, 0.2) is 0 Å². The van der Waals surface area contributed by atoms with E-state index in [0.29, 0.717) is 51.5 Å². The Morgan fingerprint density at radius 1 is 0.893 bits per heavy atom. The second-order valence-electron chi connectivity index (χ2n) is 23.4. The molecule has 4 aromatic rings. The lowest BCUT2D eigenvalue weighted by molar-refractivity contribution is -0.144. The Morgan fingerprint density at radius 2 is 1.58 bits per heavy atom. The van der Waals surface area contributed by atoms with E-state index in [4.69, 9.17) is 5.73 Å². The maximum atomic E-state index is 14.5. The van der Waals surface area contributed by atoms with Gasteiger partial charge in [0.1, 0.15) is 35.9 Å². The fourth-order valence-corrected chi connectivity index (χ4v) is 12.4. The number of nitrogens with one attached hydrogen (secondary N) is 6. The lowest BCUT2D eigenvalue weighted by atomic mass is 9.85. The number of aryl methyl sites for hydroxylation is 1. The van der Waals surface area contributed by atoms with E-state index >= 15 is 0 Å². The average molecular weight is 1210 g/mol. The largest absolute Gasteiger partial charge is 0.399 e. The van der Waals surface area contributed by atoms with Crippen LogP contribution in [0.1, 0.15) is 138 Å². The number of aliphatic hydroxyl groups is 1. The molecule has 2 aromatic carbocycles. The molecule has 3 aliphatic rings. The van der Waals surface area contributed by atoms with Gasteiger partial charge in [-0.3, -0.25) is 42.9 Å². The van der Waals surface area contributed by atoms with Gasteiger partial charge >= 0.3 is 13.3 Å². The molecule has 3 saturated heterocycles. The molecule has 0 spiro atoms. The summed E-state index contributed by atoms with van der Waals surface area (Å²) < 4.78 is 40.5. The van der Waals surface area contributed by atoms with Gasteiger partial charge in [-0.05, 0) is 101 Å². The SMILES string of the molecule is Cc1ncsc1-c1ccc([C@H](C)NC(=O)[C@@H]2C[C@@H](O)CN2C(=O)C(NC(=O)CCCCCCCNC(=O)C(CCC(N)=O)NC(=O)[C@@H]2CC[C@@H]3CCN(C)C[C@H](NC(=O)c4cc5cc(C(F)(F)P(=O)(O)O)ccc5[nH]4)C(=O)N32)C(C)(C)C)cc1. The number of aliphatic hydroxyl groups excluding tert-OH is 1. The maximum Gasteiger partial charge on any atom is 0.399 e. The highest BCUT2D eigenvalue weighted by molar-refractivity contribution is 7.52. The van der Waals surface area contributed by atoms with Gasteiger partial charge < -0.3 is 66.9 Å². The van der Waals surface area contributed by atoms with Crippen molar-refractivity contribution in [2.24, 2.45) is 11.1 Å². The highest BCUT2D eigenvalue weighted by atomic mass is 32.1.